The Bertz CT molecular complexity index is 608. The van der Waals surface area contributed by atoms with Gasteiger partial charge in [-0.1, -0.05) is 36.8 Å². The molecule has 1 aliphatic rings. The number of carbonyl (C=O) groups excluding carboxylic acids is 1. The molecule has 5 nitrogen and oxygen atoms in total. The van der Waals surface area contributed by atoms with Crippen molar-refractivity contribution in [2.24, 2.45) is 0 Å². The van der Waals surface area contributed by atoms with Gasteiger partial charge in [0.1, 0.15) is 5.82 Å². The fourth-order valence-corrected chi connectivity index (χ4v) is 2.82. The van der Waals surface area contributed by atoms with Crippen LogP contribution in [0, 0.1) is 0 Å². The molecule has 3 rings (SSSR count). The Morgan fingerprint density at radius 1 is 1.14 bits per heavy atom. The highest BCUT2D eigenvalue weighted by Crippen LogP contribution is 2.12. The van der Waals surface area contributed by atoms with Crippen LogP contribution in [0.15, 0.2) is 30.3 Å². The van der Waals surface area contributed by atoms with Crippen molar-refractivity contribution in [2.75, 3.05) is 13.1 Å². The SMILES string of the molecule is O=C1CCCCCN1CCc1n[nH]c(Cc2ccccc2)n1. The lowest BCUT2D eigenvalue weighted by atomic mass is 10.1. The second kappa shape index (κ2) is 7.20. The number of hydrogen-bond donors (Lipinski definition) is 1. The van der Waals surface area contributed by atoms with Gasteiger partial charge in [0.2, 0.25) is 5.91 Å². The van der Waals surface area contributed by atoms with Gasteiger partial charge >= 0.3 is 0 Å². The highest BCUT2D eigenvalue weighted by Gasteiger charge is 2.16. The molecule has 2 aromatic rings. The Kier molecular flexibility index (Phi) is 4.83. The van der Waals surface area contributed by atoms with Crippen molar-refractivity contribution in [2.45, 2.75) is 38.5 Å². The van der Waals surface area contributed by atoms with E-state index in [1.54, 1.807) is 0 Å². The summed E-state index contributed by atoms with van der Waals surface area (Å²) in [5.74, 6) is 1.95. The molecule has 0 aliphatic carbocycles. The van der Waals surface area contributed by atoms with Crippen molar-refractivity contribution in [1.29, 1.82) is 0 Å². The molecule has 0 atom stereocenters. The molecule has 1 aromatic heterocycles. The van der Waals surface area contributed by atoms with Crippen LogP contribution in [0.5, 0.6) is 0 Å². The van der Waals surface area contributed by atoms with E-state index < -0.39 is 0 Å². The van der Waals surface area contributed by atoms with E-state index in [-0.39, 0.29) is 5.91 Å². The normalized spacial score (nSPS) is 15.8. The molecule has 1 amide bonds. The largest absolute Gasteiger partial charge is 0.342 e. The van der Waals surface area contributed by atoms with Gasteiger partial charge in [0.25, 0.3) is 0 Å². The van der Waals surface area contributed by atoms with E-state index in [1.807, 2.05) is 23.1 Å². The summed E-state index contributed by atoms with van der Waals surface area (Å²) in [5.41, 5.74) is 1.22. The molecule has 1 saturated heterocycles. The number of hydrogen-bond acceptors (Lipinski definition) is 3. The minimum absolute atomic E-state index is 0.276. The van der Waals surface area contributed by atoms with Crippen LogP contribution in [0.1, 0.15) is 42.9 Å². The number of H-pyrrole nitrogens is 1. The van der Waals surface area contributed by atoms with Crippen LogP contribution in [-0.2, 0) is 17.6 Å². The third-order valence-corrected chi connectivity index (χ3v) is 4.07. The number of aromatic nitrogens is 3. The lowest BCUT2D eigenvalue weighted by Gasteiger charge is -2.19. The second-order valence-electron chi connectivity index (χ2n) is 5.80. The summed E-state index contributed by atoms with van der Waals surface area (Å²) in [6.07, 6.45) is 5.46. The number of benzene rings is 1. The molecule has 2 heterocycles. The first kappa shape index (κ1) is 14.8. The molecule has 1 fully saturated rings. The average Bonchev–Trinajstić information content (AvgIpc) is 2.87. The Balaban J connectivity index is 1.54. The van der Waals surface area contributed by atoms with Crippen molar-refractivity contribution >= 4 is 5.91 Å². The Morgan fingerprint density at radius 3 is 2.86 bits per heavy atom. The minimum atomic E-state index is 0.276. The van der Waals surface area contributed by atoms with Crippen LogP contribution >= 0.6 is 0 Å². The van der Waals surface area contributed by atoms with Crippen LogP contribution < -0.4 is 0 Å². The first-order valence-electron chi connectivity index (χ1n) is 8.03. The van der Waals surface area contributed by atoms with Crippen molar-refractivity contribution in [1.82, 2.24) is 20.1 Å². The molecule has 1 aliphatic heterocycles. The van der Waals surface area contributed by atoms with E-state index in [2.05, 4.69) is 27.3 Å². The second-order valence-corrected chi connectivity index (χ2v) is 5.80. The average molecular weight is 298 g/mol. The Hall–Kier alpha value is -2.17. The number of nitrogens with one attached hydrogen (secondary N) is 1. The van der Waals surface area contributed by atoms with Crippen LogP contribution in [0.25, 0.3) is 0 Å². The van der Waals surface area contributed by atoms with Gasteiger partial charge in [-0.25, -0.2) is 4.98 Å². The number of rotatable bonds is 5. The van der Waals surface area contributed by atoms with Crippen molar-refractivity contribution < 1.29 is 4.79 Å². The third kappa shape index (κ3) is 3.93. The molecule has 116 valence electrons. The molecule has 1 aromatic carbocycles. The first-order valence-corrected chi connectivity index (χ1v) is 8.03. The van der Waals surface area contributed by atoms with Gasteiger partial charge in [-0.3, -0.25) is 9.89 Å². The van der Waals surface area contributed by atoms with Crippen LogP contribution in [0.2, 0.25) is 0 Å². The summed E-state index contributed by atoms with van der Waals surface area (Å²) in [4.78, 5) is 18.5. The number of carbonyl (C=O) groups is 1. The molecule has 0 radical (unpaired) electrons. The summed E-state index contributed by atoms with van der Waals surface area (Å²) >= 11 is 0. The van der Waals surface area contributed by atoms with Gasteiger partial charge in [-0.2, -0.15) is 5.10 Å². The highest BCUT2D eigenvalue weighted by atomic mass is 16.2. The summed E-state index contributed by atoms with van der Waals surface area (Å²) < 4.78 is 0. The fraction of sp³-hybridized carbons (Fsp3) is 0.471. The molecule has 0 saturated carbocycles. The zero-order valence-corrected chi connectivity index (χ0v) is 12.8. The quantitative estimate of drug-likeness (QED) is 0.921. The van der Waals surface area contributed by atoms with E-state index >= 15 is 0 Å². The number of aromatic amines is 1. The number of amides is 1. The standard InChI is InChI=1S/C17H22N4O/c22-17-9-5-2-6-11-21(17)12-10-15-18-16(20-19-15)13-14-7-3-1-4-8-14/h1,3-4,7-8H,2,5-6,9-13H2,(H,18,19,20). The van der Waals surface area contributed by atoms with E-state index in [1.165, 1.54) is 5.56 Å². The van der Waals surface area contributed by atoms with Gasteiger partial charge in [0, 0.05) is 32.4 Å². The van der Waals surface area contributed by atoms with Crippen molar-refractivity contribution in [3.8, 4) is 0 Å². The molecule has 22 heavy (non-hydrogen) atoms. The molecular formula is C17H22N4O. The highest BCUT2D eigenvalue weighted by molar-refractivity contribution is 5.76. The summed E-state index contributed by atoms with van der Waals surface area (Å²) in [7, 11) is 0. The van der Waals surface area contributed by atoms with Gasteiger partial charge in [-0.15, -0.1) is 0 Å². The smallest absolute Gasteiger partial charge is 0.222 e. The Labute approximate surface area is 130 Å². The molecule has 0 spiro atoms. The van der Waals surface area contributed by atoms with Gasteiger partial charge in [-0.05, 0) is 18.4 Å². The first-order chi connectivity index (χ1) is 10.8. The van der Waals surface area contributed by atoms with Gasteiger partial charge < -0.3 is 4.90 Å². The summed E-state index contributed by atoms with van der Waals surface area (Å²) in [6.45, 7) is 1.60. The molecule has 1 N–H and O–H groups in total. The molecular weight excluding hydrogens is 276 g/mol. The summed E-state index contributed by atoms with van der Waals surface area (Å²) in [6, 6.07) is 10.2. The van der Waals surface area contributed by atoms with E-state index in [9.17, 15) is 4.79 Å². The summed E-state index contributed by atoms with van der Waals surface area (Å²) in [5, 5.41) is 7.27. The minimum Gasteiger partial charge on any atom is -0.342 e. The zero-order valence-electron chi connectivity index (χ0n) is 12.8. The van der Waals surface area contributed by atoms with E-state index in [0.717, 1.165) is 56.8 Å². The topological polar surface area (TPSA) is 61.9 Å². The predicted octanol–water partition coefficient (Wildman–Crippen LogP) is 2.34. The number of likely N-dealkylation sites (tertiary alicyclic amines) is 1. The van der Waals surface area contributed by atoms with E-state index in [0.29, 0.717) is 6.42 Å². The maximum Gasteiger partial charge on any atom is 0.222 e. The number of nitrogens with zero attached hydrogens (tertiary/aromatic N) is 3. The van der Waals surface area contributed by atoms with E-state index in [4.69, 9.17) is 0 Å². The van der Waals surface area contributed by atoms with Crippen LogP contribution in [0.3, 0.4) is 0 Å². The monoisotopic (exact) mass is 298 g/mol. The molecule has 0 unspecified atom stereocenters. The molecule has 5 heteroatoms. The van der Waals surface area contributed by atoms with Crippen molar-refractivity contribution in [3.05, 3.63) is 47.5 Å². The molecule has 0 bridgehead atoms. The maximum atomic E-state index is 12.0. The Morgan fingerprint density at radius 2 is 2.00 bits per heavy atom. The van der Waals surface area contributed by atoms with Gasteiger partial charge in [0.15, 0.2) is 5.82 Å². The zero-order chi connectivity index (χ0) is 15.2. The van der Waals surface area contributed by atoms with Crippen LogP contribution in [0.4, 0.5) is 0 Å². The fourth-order valence-electron chi connectivity index (χ4n) is 2.82. The maximum absolute atomic E-state index is 12.0. The van der Waals surface area contributed by atoms with Crippen molar-refractivity contribution in [3.63, 3.8) is 0 Å². The van der Waals surface area contributed by atoms with Crippen LogP contribution in [-0.4, -0.2) is 39.1 Å². The predicted molar refractivity (Wildman–Crippen MR) is 84.4 cm³/mol. The lowest BCUT2D eigenvalue weighted by molar-refractivity contribution is -0.130. The lowest BCUT2D eigenvalue weighted by Crippen LogP contribution is -2.32. The van der Waals surface area contributed by atoms with Gasteiger partial charge in [0.05, 0.1) is 0 Å². The third-order valence-electron chi connectivity index (χ3n) is 4.07.